The van der Waals surface area contributed by atoms with Crippen molar-refractivity contribution in [1.82, 2.24) is 9.80 Å². The highest BCUT2D eigenvalue weighted by Crippen LogP contribution is 2.29. The average Bonchev–Trinajstić information content (AvgIpc) is 3.41. The van der Waals surface area contributed by atoms with Crippen molar-refractivity contribution in [2.75, 3.05) is 32.8 Å². The fourth-order valence-corrected chi connectivity index (χ4v) is 5.27. The van der Waals surface area contributed by atoms with E-state index in [1.165, 1.54) is 36.8 Å². The molecule has 0 saturated carbocycles. The van der Waals surface area contributed by atoms with E-state index in [4.69, 9.17) is 4.74 Å². The highest BCUT2D eigenvalue weighted by Gasteiger charge is 2.31. The molecule has 2 heterocycles. The molecular weight excluding hydrogens is 372 g/mol. The summed E-state index contributed by atoms with van der Waals surface area (Å²) < 4.78 is 5.84. The Balaban J connectivity index is 1.30. The number of hydrogen-bond donors (Lipinski definition) is 0. The van der Waals surface area contributed by atoms with E-state index in [-0.39, 0.29) is 12.0 Å². The van der Waals surface area contributed by atoms with Gasteiger partial charge in [0.2, 0.25) is 5.91 Å². The Bertz CT molecular complexity index is 705. The first-order valence-electron chi connectivity index (χ1n) is 12.0. The summed E-state index contributed by atoms with van der Waals surface area (Å²) in [4.78, 5) is 17.6. The number of piperidine rings is 1. The molecule has 30 heavy (non-hydrogen) atoms. The van der Waals surface area contributed by atoms with E-state index in [2.05, 4.69) is 47.9 Å². The predicted molar refractivity (Wildman–Crippen MR) is 121 cm³/mol. The lowest BCUT2D eigenvalue weighted by molar-refractivity contribution is -0.128. The van der Waals surface area contributed by atoms with Crippen LogP contribution in [0.25, 0.3) is 0 Å². The summed E-state index contributed by atoms with van der Waals surface area (Å²) in [6.07, 6.45) is 11.0. The fourth-order valence-electron chi connectivity index (χ4n) is 5.27. The normalized spacial score (nSPS) is 23.5. The van der Waals surface area contributed by atoms with Gasteiger partial charge in [-0.1, -0.05) is 44.2 Å². The number of allylic oxidation sites excluding steroid dienone is 1. The highest BCUT2D eigenvalue weighted by atomic mass is 16.5. The van der Waals surface area contributed by atoms with Gasteiger partial charge in [-0.2, -0.15) is 0 Å². The molecule has 2 fully saturated rings. The van der Waals surface area contributed by atoms with Gasteiger partial charge in [0.05, 0.1) is 6.10 Å². The number of carbonyl (C=O) groups is 1. The summed E-state index contributed by atoms with van der Waals surface area (Å²) in [6.45, 7) is 9.02. The van der Waals surface area contributed by atoms with Crippen molar-refractivity contribution in [1.29, 1.82) is 0 Å². The summed E-state index contributed by atoms with van der Waals surface area (Å²) >= 11 is 0. The predicted octanol–water partition coefficient (Wildman–Crippen LogP) is 4.09. The molecule has 4 rings (SSSR count). The van der Waals surface area contributed by atoms with Crippen LogP contribution in [0.15, 0.2) is 36.4 Å². The van der Waals surface area contributed by atoms with Crippen LogP contribution in [-0.4, -0.2) is 60.6 Å². The smallest absolute Gasteiger partial charge is 0.246 e. The number of benzene rings is 1. The molecule has 1 amide bonds. The minimum atomic E-state index is 0.160. The molecule has 2 saturated heterocycles. The SMILES string of the molecule is CC(C)/C=C/C(=O)N(CC1CCN(C2Cc3ccccc3C2)CC1)C[C@H]1CCCO1. The van der Waals surface area contributed by atoms with Crippen molar-refractivity contribution in [2.24, 2.45) is 11.8 Å². The van der Waals surface area contributed by atoms with Crippen molar-refractivity contribution < 1.29 is 9.53 Å². The fraction of sp³-hybridized carbons (Fsp3) is 0.654. The number of nitrogens with zero attached hydrogens (tertiary/aromatic N) is 2. The van der Waals surface area contributed by atoms with E-state index in [0.717, 1.165) is 45.6 Å². The highest BCUT2D eigenvalue weighted by molar-refractivity contribution is 5.87. The Morgan fingerprint density at radius 2 is 1.83 bits per heavy atom. The van der Waals surface area contributed by atoms with E-state index < -0.39 is 0 Å². The van der Waals surface area contributed by atoms with Crippen LogP contribution in [0.5, 0.6) is 0 Å². The summed E-state index contributed by atoms with van der Waals surface area (Å²) in [6, 6.07) is 9.59. The van der Waals surface area contributed by atoms with Gasteiger partial charge in [-0.3, -0.25) is 9.69 Å². The maximum Gasteiger partial charge on any atom is 0.246 e. The number of amides is 1. The van der Waals surface area contributed by atoms with Crippen LogP contribution < -0.4 is 0 Å². The molecule has 3 aliphatic rings. The van der Waals surface area contributed by atoms with Crippen molar-refractivity contribution in [3.05, 3.63) is 47.5 Å². The second-order valence-electron chi connectivity index (χ2n) is 9.79. The standard InChI is InChI=1S/C26H38N2O2/c1-20(2)9-10-26(29)28(19-25-8-5-15-30-25)18-21-11-13-27(14-12-21)24-16-22-6-3-4-7-23(22)17-24/h3-4,6-7,9-10,20-21,24-25H,5,8,11-19H2,1-2H3/b10-9+/t25-/m1/s1. The van der Waals surface area contributed by atoms with E-state index in [9.17, 15) is 4.79 Å². The van der Waals surface area contributed by atoms with Gasteiger partial charge in [-0.25, -0.2) is 0 Å². The minimum absolute atomic E-state index is 0.160. The quantitative estimate of drug-likeness (QED) is 0.635. The van der Waals surface area contributed by atoms with Gasteiger partial charge in [-0.15, -0.1) is 0 Å². The molecule has 2 aliphatic heterocycles. The Morgan fingerprint density at radius 1 is 1.13 bits per heavy atom. The molecule has 164 valence electrons. The van der Waals surface area contributed by atoms with Gasteiger partial charge >= 0.3 is 0 Å². The molecule has 0 radical (unpaired) electrons. The van der Waals surface area contributed by atoms with E-state index in [1.54, 1.807) is 6.08 Å². The van der Waals surface area contributed by atoms with E-state index >= 15 is 0 Å². The second-order valence-corrected chi connectivity index (χ2v) is 9.79. The number of fused-ring (bicyclic) bond motifs is 1. The monoisotopic (exact) mass is 410 g/mol. The van der Waals surface area contributed by atoms with Crippen LogP contribution in [0, 0.1) is 11.8 Å². The molecule has 4 heteroatoms. The third-order valence-electron chi connectivity index (χ3n) is 7.06. The summed E-state index contributed by atoms with van der Waals surface area (Å²) in [5.41, 5.74) is 3.07. The average molecular weight is 411 g/mol. The zero-order chi connectivity index (χ0) is 20.9. The largest absolute Gasteiger partial charge is 0.376 e. The van der Waals surface area contributed by atoms with Crippen LogP contribution in [0.1, 0.15) is 50.7 Å². The molecule has 1 aromatic carbocycles. The maximum absolute atomic E-state index is 12.9. The van der Waals surface area contributed by atoms with Crippen molar-refractivity contribution in [3.63, 3.8) is 0 Å². The molecule has 0 unspecified atom stereocenters. The van der Waals surface area contributed by atoms with E-state index in [1.807, 2.05) is 6.08 Å². The Kier molecular flexibility index (Phi) is 7.27. The summed E-state index contributed by atoms with van der Waals surface area (Å²) in [7, 11) is 0. The molecule has 1 aliphatic carbocycles. The number of hydrogen-bond acceptors (Lipinski definition) is 3. The Morgan fingerprint density at radius 3 is 2.43 bits per heavy atom. The van der Waals surface area contributed by atoms with Gasteiger partial charge in [0.15, 0.2) is 0 Å². The molecule has 4 nitrogen and oxygen atoms in total. The van der Waals surface area contributed by atoms with Gasteiger partial charge in [0.1, 0.15) is 0 Å². The summed E-state index contributed by atoms with van der Waals surface area (Å²) in [5.74, 6) is 1.16. The van der Waals surface area contributed by atoms with E-state index in [0.29, 0.717) is 17.9 Å². The topological polar surface area (TPSA) is 32.8 Å². The van der Waals surface area contributed by atoms with Crippen molar-refractivity contribution in [3.8, 4) is 0 Å². The van der Waals surface area contributed by atoms with Crippen LogP contribution in [0.2, 0.25) is 0 Å². The lowest BCUT2D eigenvalue weighted by Gasteiger charge is -2.38. The van der Waals surface area contributed by atoms with Crippen molar-refractivity contribution >= 4 is 5.91 Å². The molecule has 1 atom stereocenters. The number of carbonyl (C=O) groups excluding carboxylic acids is 1. The number of likely N-dealkylation sites (tertiary alicyclic amines) is 1. The number of ether oxygens (including phenoxy) is 1. The van der Waals surface area contributed by atoms with Crippen molar-refractivity contribution in [2.45, 2.75) is 64.5 Å². The molecule has 0 aromatic heterocycles. The zero-order valence-corrected chi connectivity index (χ0v) is 18.8. The lowest BCUT2D eigenvalue weighted by atomic mass is 9.94. The molecule has 0 bridgehead atoms. The third kappa shape index (κ3) is 5.53. The molecular formula is C26H38N2O2. The van der Waals surface area contributed by atoms with Gasteiger partial charge < -0.3 is 9.64 Å². The Hall–Kier alpha value is -1.65. The van der Waals surface area contributed by atoms with Gasteiger partial charge in [0.25, 0.3) is 0 Å². The molecule has 0 N–H and O–H groups in total. The van der Waals surface area contributed by atoms with Crippen LogP contribution >= 0.6 is 0 Å². The maximum atomic E-state index is 12.9. The second kappa shape index (κ2) is 10.1. The van der Waals surface area contributed by atoms with Gasteiger partial charge in [-0.05, 0) is 80.7 Å². The minimum Gasteiger partial charge on any atom is -0.376 e. The first-order chi connectivity index (χ1) is 14.6. The number of rotatable bonds is 7. The Labute approximate surface area is 182 Å². The van der Waals surface area contributed by atoms with Gasteiger partial charge in [0, 0.05) is 25.7 Å². The zero-order valence-electron chi connectivity index (χ0n) is 18.8. The van der Waals surface area contributed by atoms with Crippen LogP contribution in [0.3, 0.4) is 0 Å². The van der Waals surface area contributed by atoms with Crippen LogP contribution in [0.4, 0.5) is 0 Å². The first-order valence-corrected chi connectivity index (χ1v) is 12.0. The molecule has 0 spiro atoms. The summed E-state index contributed by atoms with van der Waals surface area (Å²) in [5, 5.41) is 0. The third-order valence-corrected chi connectivity index (χ3v) is 7.06. The van der Waals surface area contributed by atoms with Crippen LogP contribution in [-0.2, 0) is 22.4 Å². The lowest BCUT2D eigenvalue weighted by Crippen LogP contribution is -2.46. The first kappa shape index (κ1) is 21.6. The molecule has 1 aromatic rings.